The fourth-order valence-electron chi connectivity index (χ4n) is 1.86. The van der Waals surface area contributed by atoms with Crippen LogP contribution in [0.5, 0.6) is 0 Å². The van der Waals surface area contributed by atoms with Gasteiger partial charge in [0.05, 0.1) is 10.0 Å². The molecule has 0 aromatic heterocycles. The predicted molar refractivity (Wildman–Crippen MR) is 96.5 cm³/mol. The second-order valence-electron chi connectivity index (χ2n) is 4.75. The van der Waals surface area contributed by atoms with Gasteiger partial charge in [0.1, 0.15) is 18.2 Å². The molecule has 2 rings (SSSR count). The second kappa shape index (κ2) is 8.93. The van der Waals surface area contributed by atoms with Crippen LogP contribution in [0.3, 0.4) is 0 Å². The van der Waals surface area contributed by atoms with Gasteiger partial charge in [-0.15, -0.1) is 0 Å². The summed E-state index contributed by atoms with van der Waals surface area (Å²) in [6, 6.07) is 16.3. The topological polar surface area (TPSA) is 50.1 Å². The molecule has 3 nitrogen and oxygen atoms in total. The maximum absolute atomic E-state index is 11.9. The number of benzene rings is 2. The Kier molecular flexibility index (Phi) is 6.62. The van der Waals surface area contributed by atoms with Gasteiger partial charge < -0.3 is 4.74 Å². The number of carbonyl (C=O) groups is 1. The average molecular weight is 358 g/mol. The summed E-state index contributed by atoms with van der Waals surface area (Å²) in [5, 5.41) is 9.87. The van der Waals surface area contributed by atoms with E-state index in [1.165, 1.54) is 6.08 Å². The molecular weight excluding hydrogens is 345 g/mol. The van der Waals surface area contributed by atoms with Gasteiger partial charge in [0.2, 0.25) is 0 Å². The lowest BCUT2D eigenvalue weighted by Gasteiger charge is -2.02. The fraction of sp³-hybridized carbons (Fsp3) is 0.0526. The van der Waals surface area contributed by atoms with Gasteiger partial charge in [-0.05, 0) is 35.4 Å². The van der Waals surface area contributed by atoms with Crippen LogP contribution in [0.15, 0.2) is 60.2 Å². The smallest absolute Gasteiger partial charge is 0.349 e. The molecule has 0 atom stereocenters. The van der Waals surface area contributed by atoms with E-state index in [1.54, 1.807) is 24.3 Å². The van der Waals surface area contributed by atoms with Crippen molar-refractivity contribution in [2.45, 2.75) is 0 Å². The van der Waals surface area contributed by atoms with Crippen LogP contribution in [0.4, 0.5) is 0 Å². The molecular formula is C19H13Cl2NO2. The predicted octanol–water partition coefficient (Wildman–Crippen LogP) is 5.16. The number of hydrogen-bond donors (Lipinski definition) is 0. The Hall–Kier alpha value is -2.54. The van der Waals surface area contributed by atoms with Gasteiger partial charge in [-0.3, -0.25) is 0 Å². The first-order valence-corrected chi connectivity index (χ1v) is 7.81. The molecule has 120 valence electrons. The molecule has 0 heterocycles. The molecule has 0 bridgehead atoms. The van der Waals surface area contributed by atoms with Crippen LogP contribution in [-0.2, 0) is 9.53 Å². The summed E-state index contributed by atoms with van der Waals surface area (Å²) >= 11 is 11.7. The minimum atomic E-state index is -0.693. The molecule has 0 saturated heterocycles. The van der Waals surface area contributed by atoms with E-state index in [1.807, 2.05) is 42.5 Å². The second-order valence-corrected chi connectivity index (χ2v) is 5.57. The Morgan fingerprint density at radius 2 is 1.83 bits per heavy atom. The number of rotatable bonds is 5. The van der Waals surface area contributed by atoms with Crippen LogP contribution >= 0.6 is 23.2 Å². The normalized spacial score (nSPS) is 11.3. The van der Waals surface area contributed by atoms with E-state index in [9.17, 15) is 4.79 Å². The summed E-state index contributed by atoms with van der Waals surface area (Å²) < 4.78 is 5.07. The highest BCUT2D eigenvalue weighted by Crippen LogP contribution is 2.23. The van der Waals surface area contributed by atoms with Crippen molar-refractivity contribution in [3.05, 3.63) is 81.4 Å². The molecule has 2 aromatic carbocycles. The highest BCUT2D eigenvalue weighted by molar-refractivity contribution is 6.42. The molecule has 0 spiro atoms. The minimum absolute atomic E-state index is 0.0775. The van der Waals surface area contributed by atoms with Crippen LogP contribution < -0.4 is 0 Å². The van der Waals surface area contributed by atoms with Crippen LogP contribution in [-0.4, -0.2) is 12.6 Å². The van der Waals surface area contributed by atoms with Crippen molar-refractivity contribution in [3.63, 3.8) is 0 Å². The highest BCUT2D eigenvalue weighted by atomic mass is 35.5. The number of carbonyl (C=O) groups excluding carboxylic acids is 1. The quantitative estimate of drug-likeness (QED) is 0.422. The molecule has 0 saturated carbocycles. The standard InChI is InChI=1S/C19H13Cl2NO2/c20-17-9-8-15(12-18(17)21)11-16(13-22)19(23)24-10-4-7-14-5-2-1-3-6-14/h1-9,11-12H,10H2/b7-4+,16-11+. The van der Waals surface area contributed by atoms with Gasteiger partial charge in [0.15, 0.2) is 0 Å². The van der Waals surface area contributed by atoms with Crippen LogP contribution in [0.1, 0.15) is 11.1 Å². The molecule has 0 unspecified atom stereocenters. The first-order valence-electron chi connectivity index (χ1n) is 7.05. The van der Waals surface area contributed by atoms with Crippen LogP contribution in [0.25, 0.3) is 12.2 Å². The number of halogens is 2. The van der Waals surface area contributed by atoms with Gasteiger partial charge in [-0.1, -0.05) is 65.7 Å². The van der Waals surface area contributed by atoms with Gasteiger partial charge in [-0.25, -0.2) is 4.79 Å². The SMILES string of the molecule is N#C/C(=C\c1ccc(Cl)c(Cl)c1)C(=O)OC/C=C/c1ccccc1. The first kappa shape index (κ1) is 17.8. The lowest BCUT2D eigenvalue weighted by atomic mass is 10.1. The molecule has 0 amide bonds. The Balaban J connectivity index is 1.98. The van der Waals surface area contributed by atoms with Crippen LogP contribution in [0.2, 0.25) is 10.0 Å². The molecule has 5 heteroatoms. The van der Waals surface area contributed by atoms with Crippen molar-refractivity contribution in [2.24, 2.45) is 0 Å². The number of nitrogens with zero attached hydrogens (tertiary/aromatic N) is 1. The van der Waals surface area contributed by atoms with Gasteiger partial charge in [0, 0.05) is 0 Å². The molecule has 24 heavy (non-hydrogen) atoms. The van der Waals surface area contributed by atoms with Crippen molar-refractivity contribution in [2.75, 3.05) is 6.61 Å². The molecule has 2 aromatic rings. The highest BCUT2D eigenvalue weighted by Gasteiger charge is 2.10. The lowest BCUT2D eigenvalue weighted by molar-refractivity contribution is -0.137. The van der Waals surface area contributed by atoms with E-state index >= 15 is 0 Å². The number of nitriles is 1. The lowest BCUT2D eigenvalue weighted by Crippen LogP contribution is -2.06. The molecule has 0 fully saturated rings. The zero-order valence-corrected chi connectivity index (χ0v) is 14.1. The van der Waals surface area contributed by atoms with E-state index in [-0.39, 0.29) is 12.2 Å². The van der Waals surface area contributed by atoms with Gasteiger partial charge in [-0.2, -0.15) is 5.26 Å². The van der Waals surface area contributed by atoms with Gasteiger partial charge >= 0.3 is 5.97 Å². The van der Waals surface area contributed by atoms with E-state index in [0.29, 0.717) is 15.6 Å². The molecule has 0 N–H and O–H groups in total. The Bertz CT molecular complexity index is 821. The van der Waals surface area contributed by atoms with Crippen molar-refractivity contribution >= 4 is 41.3 Å². The third-order valence-corrected chi connectivity index (χ3v) is 3.75. The van der Waals surface area contributed by atoms with E-state index < -0.39 is 5.97 Å². The molecule has 0 aliphatic carbocycles. The summed E-state index contributed by atoms with van der Waals surface area (Å²) in [5.41, 5.74) is 1.49. The Labute approximate surface area is 150 Å². The van der Waals surface area contributed by atoms with E-state index in [2.05, 4.69) is 0 Å². The van der Waals surface area contributed by atoms with Crippen LogP contribution in [0, 0.1) is 11.3 Å². The summed E-state index contributed by atoms with van der Waals surface area (Å²) in [6.45, 7) is 0.0775. The van der Waals surface area contributed by atoms with Crippen molar-refractivity contribution in [1.29, 1.82) is 5.26 Å². The molecule has 0 aliphatic rings. The summed E-state index contributed by atoms with van der Waals surface area (Å²) in [6.07, 6.45) is 4.95. The zero-order chi connectivity index (χ0) is 17.4. The van der Waals surface area contributed by atoms with E-state index in [0.717, 1.165) is 5.56 Å². The first-order chi connectivity index (χ1) is 11.6. The summed E-state index contributed by atoms with van der Waals surface area (Å²) in [7, 11) is 0. The maximum Gasteiger partial charge on any atom is 0.349 e. The van der Waals surface area contributed by atoms with Crippen molar-refractivity contribution < 1.29 is 9.53 Å². The van der Waals surface area contributed by atoms with E-state index in [4.69, 9.17) is 33.2 Å². The molecule has 0 aliphatic heterocycles. The summed E-state index contributed by atoms with van der Waals surface area (Å²) in [5.74, 6) is -0.693. The maximum atomic E-state index is 11.9. The largest absolute Gasteiger partial charge is 0.457 e. The minimum Gasteiger partial charge on any atom is -0.457 e. The molecule has 0 radical (unpaired) electrons. The Morgan fingerprint density at radius 1 is 1.08 bits per heavy atom. The zero-order valence-electron chi connectivity index (χ0n) is 12.6. The number of hydrogen-bond acceptors (Lipinski definition) is 3. The van der Waals surface area contributed by atoms with Crippen molar-refractivity contribution in [1.82, 2.24) is 0 Å². The monoisotopic (exact) mass is 357 g/mol. The Morgan fingerprint density at radius 3 is 2.50 bits per heavy atom. The average Bonchev–Trinajstić information content (AvgIpc) is 2.60. The fourth-order valence-corrected chi connectivity index (χ4v) is 2.16. The third-order valence-electron chi connectivity index (χ3n) is 3.02. The summed E-state index contributed by atoms with van der Waals surface area (Å²) in [4.78, 5) is 11.9. The van der Waals surface area contributed by atoms with Gasteiger partial charge in [0.25, 0.3) is 0 Å². The van der Waals surface area contributed by atoms with Crippen molar-refractivity contribution in [3.8, 4) is 6.07 Å². The third kappa shape index (κ3) is 5.27. The number of esters is 1. The number of ether oxygens (including phenoxy) is 1.